The standard InChI is InChI=1S/C21H16Br2N2O2.Ni/c22-17-5-7-20(26)15(9-17)12-24-11-14-3-1-2-4-19(14)25-13-16-10-18(23)6-8-21(16)27;/h1-10,12-13,26-27H,11H2;/q;+2/p-2. The van der Waals surface area contributed by atoms with Crippen molar-refractivity contribution in [3.8, 4) is 11.5 Å². The monoisotopic (exact) mass is 542 g/mol. The van der Waals surface area contributed by atoms with Crippen molar-refractivity contribution in [1.29, 1.82) is 0 Å². The number of hydrogen-bond acceptors (Lipinski definition) is 4. The zero-order valence-corrected chi connectivity index (χ0v) is 18.6. The van der Waals surface area contributed by atoms with Crippen molar-refractivity contribution in [2.75, 3.05) is 0 Å². The number of benzene rings is 3. The molecule has 7 heteroatoms. The number of nitrogens with zero attached hydrogens (tertiary/aromatic N) is 2. The number of aliphatic imine (C=N–C) groups is 2. The van der Waals surface area contributed by atoms with Gasteiger partial charge >= 0.3 is 16.5 Å². The third-order valence-electron chi connectivity index (χ3n) is 3.77. The smallest absolute Gasteiger partial charge is 0.872 e. The Balaban J connectivity index is 0.00000280. The second-order valence-corrected chi connectivity index (χ2v) is 7.55. The minimum absolute atomic E-state index is 0. The molecule has 28 heavy (non-hydrogen) atoms. The molecule has 3 aromatic rings. The molecule has 0 aliphatic rings. The molecule has 0 N–H and O–H groups in total. The topological polar surface area (TPSA) is 70.8 Å². The van der Waals surface area contributed by atoms with E-state index in [0.29, 0.717) is 17.7 Å². The van der Waals surface area contributed by atoms with Gasteiger partial charge in [0.15, 0.2) is 0 Å². The van der Waals surface area contributed by atoms with Crippen LogP contribution in [0, 0.1) is 0 Å². The van der Waals surface area contributed by atoms with E-state index in [1.54, 1.807) is 36.7 Å². The average Bonchev–Trinajstić information content (AvgIpc) is 2.66. The van der Waals surface area contributed by atoms with Gasteiger partial charge in [0.25, 0.3) is 0 Å². The second kappa shape index (κ2) is 10.6. The van der Waals surface area contributed by atoms with Gasteiger partial charge in [-0.05, 0) is 47.0 Å². The van der Waals surface area contributed by atoms with Crippen LogP contribution in [0.25, 0.3) is 0 Å². The number of halogens is 2. The van der Waals surface area contributed by atoms with Gasteiger partial charge in [0, 0.05) is 21.4 Å². The molecule has 0 unspecified atom stereocenters. The maximum absolute atomic E-state index is 11.9. The summed E-state index contributed by atoms with van der Waals surface area (Å²) in [5, 5.41) is 23.7. The van der Waals surface area contributed by atoms with Gasteiger partial charge in [0.05, 0.1) is 12.2 Å². The fourth-order valence-corrected chi connectivity index (χ4v) is 3.15. The molecule has 0 saturated heterocycles. The predicted octanol–water partition coefficient (Wildman–Crippen LogP) is 4.73. The van der Waals surface area contributed by atoms with E-state index in [1.165, 1.54) is 12.1 Å². The van der Waals surface area contributed by atoms with Crippen molar-refractivity contribution < 1.29 is 26.7 Å². The molecule has 3 rings (SSSR count). The van der Waals surface area contributed by atoms with Gasteiger partial charge in [-0.25, -0.2) is 0 Å². The van der Waals surface area contributed by atoms with Gasteiger partial charge in [-0.15, -0.1) is 0 Å². The summed E-state index contributed by atoms with van der Waals surface area (Å²) >= 11 is 6.71. The van der Waals surface area contributed by atoms with Crippen LogP contribution < -0.4 is 10.2 Å². The molecule has 3 aromatic carbocycles. The summed E-state index contributed by atoms with van der Waals surface area (Å²) in [7, 11) is 0. The summed E-state index contributed by atoms with van der Waals surface area (Å²) in [6, 6.07) is 17.4. The third-order valence-corrected chi connectivity index (χ3v) is 4.76. The van der Waals surface area contributed by atoms with Crippen LogP contribution in [0.1, 0.15) is 16.7 Å². The first-order valence-electron chi connectivity index (χ1n) is 8.08. The van der Waals surface area contributed by atoms with Crippen LogP contribution in [-0.4, -0.2) is 12.4 Å². The molecule has 0 aliphatic carbocycles. The van der Waals surface area contributed by atoms with E-state index in [-0.39, 0.29) is 28.0 Å². The first kappa shape index (κ1) is 22.3. The Morgan fingerprint density at radius 2 is 1.36 bits per heavy atom. The van der Waals surface area contributed by atoms with Crippen LogP contribution in [0.15, 0.2) is 79.6 Å². The van der Waals surface area contributed by atoms with Crippen molar-refractivity contribution in [3.63, 3.8) is 0 Å². The fraction of sp³-hybridized carbons (Fsp3) is 0.0476. The van der Waals surface area contributed by atoms with Gasteiger partial charge in [0.2, 0.25) is 0 Å². The Morgan fingerprint density at radius 3 is 2.00 bits per heavy atom. The zero-order valence-electron chi connectivity index (χ0n) is 14.4. The summed E-state index contributed by atoms with van der Waals surface area (Å²) in [4.78, 5) is 8.82. The molecule has 0 aliphatic heterocycles. The van der Waals surface area contributed by atoms with E-state index in [1.807, 2.05) is 24.3 Å². The molecule has 0 radical (unpaired) electrons. The minimum Gasteiger partial charge on any atom is -0.872 e. The largest absolute Gasteiger partial charge is 2.00 e. The minimum atomic E-state index is -0.0879. The first-order chi connectivity index (χ1) is 13.0. The van der Waals surface area contributed by atoms with Crippen LogP contribution in [0.5, 0.6) is 11.5 Å². The van der Waals surface area contributed by atoms with Crippen molar-refractivity contribution in [1.82, 2.24) is 0 Å². The van der Waals surface area contributed by atoms with E-state index in [9.17, 15) is 10.2 Å². The number of para-hydroxylation sites is 1. The van der Waals surface area contributed by atoms with Crippen molar-refractivity contribution in [2.24, 2.45) is 9.98 Å². The van der Waals surface area contributed by atoms with Crippen molar-refractivity contribution in [2.45, 2.75) is 6.54 Å². The molecule has 4 nitrogen and oxygen atoms in total. The summed E-state index contributed by atoms with van der Waals surface area (Å²) < 4.78 is 1.65. The summed E-state index contributed by atoms with van der Waals surface area (Å²) in [6.07, 6.45) is 3.12. The third kappa shape index (κ3) is 6.03. The van der Waals surface area contributed by atoms with Crippen LogP contribution in [0.3, 0.4) is 0 Å². The van der Waals surface area contributed by atoms with Crippen LogP contribution in [-0.2, 0) is 23.0 Å². The Labute approximate surface area is 190 Å². The number of hydrogen-bond donors (Lipinski definition) is 0. The molecule has 0 atom stereocenters. The van der Waals surface area contributed by atoms with E-state index < -0.39 is 0 Å². The van der Waals surface area contributed by atoms with E-state index in [2.05, 4.69) is 41.8 Å². The maximum atomic E-state index is 11.9. The molecule has 0 aromatic heterocycles. The van der Waals surface area contributed by atoms with Crippen molar-refractivity contribution in [3.05, 3.63) is 86.3 Å². The van der Waals surface area contributed by atoms with Gasteiger partial charge in [-0.2, -0.15) is 0 Å². The van der Waals surface area contributed by atoms with E-state index in [0.717, 1.165) is 20.2 Å². The van der Waals surface area contributed by atoms with Crippen molar-refractivity contribution >= 4 is 50.0 Å². The van der Waals surface area contributed by atoms with Crippen LogP contribution in [0.2, 0.25) is 0 Å². The van der Waals surface area contributed by atoms with Gasteiger partial charge in [0.1, 0.15) is 0 Å². The van der Waals surface area contributed by atoms with Gasteiger partial charge in [-0.1, -0.05) is 73.7 Å². The molecule has 0 bridgehead atoms. The summed E-state index contributed by atoms with van der Waals surface area (Å²) in [6.45, 7) is 0.377. The molecule has 0 amide bonds. The predicted molar refractivity (Wildman–Crippen MR) is 112 cm³/mol. The second-order valence-electron chi connectivity index (χ2n) is 5.72. The first-order valence-corrected chi connectivity index (χ1v) is 9.66. The fourth-order valence-electron chi connectivity index (χ4n) is 2.39. The quantitative estimate of drug-likeness (QED) is 0.344. The summed E-state index contributed by atoms with van der Waals surface area (Å²) in [5.74, 6) is -0.166. The zero-order chi connectivity index (χ0) is 19.2. The van der Waals surface area contributed by atoms with E-state index in [4.69, 9.17) is 0 Å². The molecular formula is C21H14Br2N2NiO2. The van der Waals surface area contributed by atoms with Crippen LogP contribution >= 0.6 is 31.9 Å². The Kier molecular flexibility index (Phi) is 8.42. The Hall–Kier alpha value is -1.95. The van der Waals surface area contributed by atoms with Crippen LogP contribution in [0.4, 0.5) is 5.69 Å². The van der Waals surface area contributed by atoms with Gasteiger partial charge in [-0.3, -0.25) is 9.98 Å². The average molecular weight is 545 g/mol. The number of rotatable bonds is 5. The molecule has 0 fully saturated rings. The molecule has 0 spiro atoms. The van der Waals surface area contributed by atoms with E-state index >= 15 is 0 Å². The summed E-state index contributed by atoms with van der Waals surface area (Å²) in [5.41, 5.74) is 2.66. The molecule has 0 heterocycles. The molecule has 144 valence electrons. The molecular weight excluding hydrogens is 531 g/mol. The molecule has 0 saturated carbocycles. The normalized spacial score (nSPS) is 11.1. The Morgan fingerprint density at radius 1 is 0.786 bits per heavy atom. The Bertz CT molecular complexity index is 1020. The van der Waals surface area contributed by atoms with Gasteiger partial charge < -0.3 is 10.2 Å². The SMILES string of the molecule is [Ni+2].[O-]c1ccc(Br)cc1C=NCc1ccccc1N=Cc1cc(Br)ccc1[O-]. The maximum Gasteiger partial charge on any atom is 2.00 e.